The van der Waals surface area contributed by atoms with E-state index in [-0.39, 0.29) is 0 Å². The molecule has 2 heterocycles. The molecule has 0 unspecified atom stereocenters. The summed E-state index contributed by atoms with van der Waals surface area (Å²) in [5.41, 5.74) is 4.87. The van der Waals surface area contributed by atoms with Crippen LogP contribution in [0, 0.1) is 6.92 Å². The van der Waals surface area contributed by atoms with E-state index >= 15 is 0 Å². The van der Waals surface area contributed by atoms with Gasteiger partial charge in [-0.2, -0.15) is 0 Å². The summed E-state index contributed by atoms with van der Waals surface area (Å²) in [5, 5.41) is 4.36. The van der Waals surface area contributed by atoms with Crippen molar-refractivity contribution in [2.75, 3.05) is 0 Å². The van der Waals surface area contributed by atoms with Gasteiger partial charge in [0.15, 0.2) is 4.80 Å². The Labute approximate surface area is 161 Å². The fourth-order valence-corrected chi connectivity index (χ4v) is 4.64. The van der Waals surface area contributed by atoms with Crippen LogP contribution in [0.3, 0.4) is 0 Å². The second kappa shape index (κ2) is 7.85. The number of benzene rings is 2. The third kappa shape index (κ3) is 3.87. The molecule has 0 aliphatic rings. The van der Waals surface area contributed by atoms with E-state index in [9.17, 15) is 0 Å². The summed E-state index contributed by atoms with van der Waals surface area (Å²) in [6, 6.07) is 23.3. The predicted molar refractivity (Wildman–Crippen MR) is 112 cm³/mol. The van der Waals surface area contributed by atoms with Gasteiger partial charge in [0.05, 0.1) is 16.3 Å². The standard InChI is InChI=1S/C22H20N2S2/c1-17-9-11-19(12-10-17)23-22-24(14-13-18-6-3-2-4-7-18)20(16-26-22)21-8-5-15-25-21/h2-12,15-16H,13-14H2,1H3. The van der Waals surface area contributed by atoms with Crippen LogP contribution in [0.5, 0.6) is 0 Å². The van der Waals surface area contributed by atoms with E-state index in [1.165, 1.54) is 21.7 Å². The van der Waals surface area contributed by atoms with Crippen molar-refractivity contribution in [3.63, 3.8) is 0 Å². The molecule has 4 heteroatoms. The first-order chi connectivity index (χ1) is 12.8. The summed E-state index contributed by atoms with van der Waals surface area (Å²) < 4.78 is 2.35. The quantitative estimate of drug-likeness (QED) is 0.403. The highest BCUT2D eigenvalue weighted by Crippen LogP contribution is 2.26. The van der Waals surface area contributed by atoms with E-state index in [2.05, 4.69) is 89.0 Å². The van der Waals surface area contributed by atoms with E-state index in [1.54, 1.807) is 22.7 Å². The summed E-state index contributed by atoms with van der Waals surface area (Å²) >= 11 is 3.49. The highest BCUT2D eigenvalue weighted by Gasteiger charge is 2.09. The number of aromatic nitrogens is 1. The van der Waals surface area contributed by atoms with Crippen molar-refractivity contribution in [2.24, 2.45) is 4.99 Å². The Bertz CT molecular complexity index is 1020. The van der Waals surface area contributed by atoms with E-state index < -0.39 is 0 Å². The molecule has 2 aromatic heterocycles. The third-order valence-corrected chi connectivity index (χ3v) is 6.05. The summed E-state index contributed by atoms with van der Waals surface area (Å²) in [6.07, 6.45) is 0.997. The normalized spacial score (nSPS) is 11.8. The average molecular weight is 377 g/mol. The molecule has 130 valence electrons. The SMILES string of the molecule is Cc1ccc(N=c2scc(-c3cccs3)n2CCc2ccccc2)cc1. The second-order valence-electron chi connectivity index (χ2n) is 6.22. The van der Waals surface area contributed by atoms with Crippen LogP contribution in [0.1, 0.15) is 11.1 Å². The minimum absolute atomic E-state index is 0.922. The minimum atomic E-state index is 0.922. The molecule has 0 saturated carbocycles. The van der Waals surface area contributed by atoms with Crippen LogP contribution >= 0.6 is 22.7 Å². The molecule has 0 spiro atoms. The lowest BCUT2D eigenvalue weighted by atomic mass is 10.1. The van der Waals surface area contributed by atoms with Crippen molar-refractivity contribution < 1.29 is 0 Å². The zero-order valence-electron chi connectivity index (χ0n) is 14.6. The molecule has 26 heavy (non-hydrogen) atoms. The number of aryl methyl sites for hydroxylation is 2. The fraction of sp³-hybridized carbons (Fsp3) is 0.136. The van der Waals surface area contributed by atoms with Gasteiger partial charge in [0.1, 0.15) is 0 Å². The highest BCUT2D eigenvalue weighted by molar-refractivity contribution is 7.14. The van der Waals surface area contributed by atoms with Crippen LogP contribution in [-0.2, 0) is 13.0 Å². The van der Waals surface area contributed by atoms with Crippen molar-refractivity contribution in [2.45, 2.75) is 19.9 Å². The molecule has 0 aliphatic carbocycles. The average Bonchev–Trinajstić information content (AvgIpc) is 3.32. The monoisotopic (exact) mass is 376 g/mol. The Morgan fingerprint density at radius 1 is 0.885 bits per heavy atom. The summed E-state index contributed by atoms with van der Waals surface area (Å²) in [6.45, 7) is 3.02. The van der Waals surface area contributed by atoms with Gasteiger partial charge >= 0.3 is 0 Å². The van der Waals surface area contributed by atoms with E-state index in [0.717, 1.165) is 23.5 Å². The first-order valence-electron chi connectivity index (χ1n) is 8.67. The molecule has 0 radical (unpaired) electrons. The molecule has 0 amide bonds. The maximum Gasteiger partial charge on any atom is 0.190 e. The van der Waals surface area contributed by atoms with Crippen LogP contribution in [0.2, 0.25) is 0 Å². The summed E-state index contributed by atoms with van der Waals surface area (Å²) in [7, 11) is 0. The predicted octanol–water partition coefficient (Wildman–Crippen LogP) is 6.06. The zero-order chi connectivity index (χ0) is 17.8. The zero-order valence-corrected chi connectivity index (χ0v) is 16.3. The van der Waals surface area contributed by atoms with Gasteiger partial charge in [0.2, 0.25) is 0 Å². The second-order valence-corrected chi connectivity index (χ2v) is 8.00. The third-order valence-electron chi connectivity index (χ3n) is 4.30. The number of nitrogens with zero attached hydrogens (tertiary/aromatic N) is 2. The smallest absolute Gasteiger partial charge is 0.190 e. The summed E-state index contributed by atoms with van der Waals surface area (Å²) in [4.78, 5) is 7.25. The highest BCUT2D eigenvalue weighted by atomic mass is 32.1. The first-order valence-corrected chi connectivity index (χ1v) is 10.4. The Balaban J connectivity index is 1.73. The molecule has 0 atom stereocenters. The van der Waals surface area contributed by atoms with E-state index in [4.69, 9.17) is 4.99 Å². The summed E-state index contributed by atoms with van der Waals surface area (Å²) in [5.74, 6) is 0. The molecular formula is C22H20N2S2. The molecule has 0 bridgehead atoms. The lowest BCUT2D eigenvalue weighted by Gasteiger charge is -2.08. The molecule has 0 aliphatic heterocycles. The number of thiazole rings is 1. The molecule has 2 aromatic carbocycles. The van der Waals surface area contributed by atoms with Gasteiger partial charge in [-0.3, -0.25) is 0 Å². The number of hydrogen-bond acceptors (Lipinski definition) is 3. The van der Waals surface area contributed by atoms with Crippen molar-refractivity contribution >= 4 is 28.4 Å². The van der Waals surface area contributed by atoms with Gasteiger partial charge in [-0.15, -0.1) is 22.7 Å². The van der Waals surface area contributed by atoms with E-state index in [0.29, 0.717) is 0 Å². The van der Waals surface area contributed by atoms with Gasteiger partial charge in [-0.1, -0.05) is 54.1 Å². The van der Waals surface area contributed by atoms with Crippen LogP contribution in [-0.4, -0.2) is 4.57 Å². The Morgan fingerprint density at radius 2 is 1.69 bits per heavy atom. The maximum absolute atomic E-state index is 4.91. The van der Waals surface area contributed by atoms with Gasteiger partial charge in [-0.05, 0) is 42.5 Å². The van der Waals surface area contributed by atoms with Gasteiger partial charge in [0, 0.05) is 11.9 Å². The van der Waals surface area contributed by atoms with E-state index in [1.807, 2.05) is 0 Å². The topological polar surface area (TPSA) is 17.3 Å². The fourth-order valence-electron chi connectivity index (χ4n) is 2.87. The first kappa shape index (κ1) is 17.0. The minimum Gasteiger partial charge on any atom is -0.315 e. The van der Waals surface area contributed by atoms with Crippen LogP contribution in [0.25, 0.3) is 10.6 Å². The van der Waals surface area contributed by atoms with Gasteiger partial charge in [-0.25, -0.2) is 4.99 Å². The number of rotatable bonds is 5. The Morgan fingerprint density at radius 3 is 2.42 bits per heavy atom. The molecule has 2 nitrogen and oxygen atoms in total. The van der Waals surface area contributed by atoms with Crippen molar-refractivity contribution in [3.8, 4) is 10.6 Å². The van der Waals surface area contributed by atoms with Crippen LogP contribution in [0.15, 0.2) is 82.5 Å². The molecular weight excluding hydrogens is 356 g/mol. The molecule has 4 rings (SSSR count). The van der Waals surface area contributed by atoms with Crippen molar-refractivity contribution in [1.82, 2.24) is 4.57 Å². The number of hydrogen-bond donors (Lipinski definition) is 0. The van der Waals surface area contributed by atoms with Crippen molar-refractivity contribution in [3.05, 3.63) is 93.4 Å². The van der Waals surface area contributed by atoms with Gasteiger partial charge in [0.25, 0.3) is 0 Å². The Kier molecular flexibility index (Phi) is 5.14. The lowest BCUT2D eigenvalue weighted by Crippen LogP contribution is -2.17. The van der Waals surface area contributed by atoms with Gasteiger partial charge < -0.3 is 4.57 Å². The lowest BCUT2D eigenvalue weighted by molar-refractivity contribution is 0.685. The maximum atomic E-state index is 4.91. The Hall–Kier alpha value is -2.43. The molecule has 0 N–H and O–H groups in total. The van der Waals surface area contributed by atoms with Crippen molar-refractivity contribution in [1.29, 1.82) is 0 Å². The largest absolute Gasteiger partial charge is 0.315 e. The molecule has 0 saturated heterocycles. The van der Waals surface area contributed by atoms with Crippen LogP contribution in [0.4, 0.5) is 5.69 Å². The number of thiophene rings is 1. The molecule has 0 fully saturated rings. The van der Waals surface area contributed by atoms with Crippen LogP contribution < -0.4 is 4.80 Å². The molecule has 4 aromatic rings.